The van der Waals surface area contributed by atoms with Crippen LogP contribution in [0, 0.1) is 11.7 Å². The standard InChI is InChI=1S/C6H6N4S2/c1-3-2-4(12-10-3)5-7-6(11)9-8-5/h2H,1H3,(H2,7,8,9,11). The van der Waals surface area contributed by atoms with E-state index in [1.165, 1.54) is 11.5 Å². The van der Waals surface area contributed by atoms with Crippen molar-refractivity contribution in [3.05, 3.63) is 16.5 Å². The maximum atomic E-state index is 4.83. The molecule has 0 amide bonds. The summed E-state index contributed by atoms with van der Waals surface area (Å²) in [4.78, 5) is 5.07. The Bertz CT molecular complexity index is 438. The molecule has 0 aliphatic heterocycles. The number of aromatic amines is 2. The normalized spacial score (nSPS) is 10.4. The molecule has 2 aromatic heterocycles. The van der Waals surface area contributed by atoms with Crippen molar-refractivity contribution in [2.45, 2.75) is 6.92 Å². The number of nitrogens with zero attached hydrogens (tertiary/aromatic N) is 2. The summed E-state index contributed by atoms with van der Waals surface area (Å²) in [7, 11) is 0. The van der Waals surface area contributed by atoms with Gasteiger partial charge in [0.25, 0.3) is 0 Å². The van der Waals surface area contributed by atoms with E-state index in [4.69, 9.17) is 12.2 Å². The van der Waals surface area contributed by atoms with Crippen LogP contribution in [0.15, 0.2) is 6.07 Å². The molecule has 0 aliphatic rings. The molecule has 2 rings (SSSR count). The Kier molecular flexibility index (Phi) is 1.78. The molecular weight excluding hydrogens is 192 g/mol. The number of aryl methyl sites for hydroxylation is 1. The number of H-pyrrole nitrogens is 2. The van der Waals surface area contributed by atoms with Crippen molar-refractivity contribution in [1.29, 1.82) is 0 Å². The highest BCUT2D eigenvalue weighted by atomic mass is 32.1. The van der Waals surface area contributed by atoms with E-state index in [-0.39, 0.29) is 0 Å². The molecule has 0 aromatic carbocycles. The average molecular weight is 198 g/mol. The van der Waals surface area contributed by atoms with E-state index in [1.54, 1.807) is 0 Å². The van der Waals surface area contributed by atoms with Crippen LogP contribution in [0.2, 0.25) is 0 Å². The number of hydrogen-bond acceptors (Lipinski definition) is 4. The second-order valence-corrected chi connectivity index (χ2v) is 3.54. The van der Waals surface area contributed by atoms with Crippen LogP contribution < -0.4 is 0 Å². The molecule has 2 N–H and O–H groups in total. The summed E-state index contributed by atoms with van der Waals surface area (Å²) in [5, 5.41) is 5.60. The molecule has 0 saturated heterocycles. The van der Waals surface area contributed by atoms with E-state index >= 15 is 0 Å². The highest BCUT2D eigenvalue weighted by Gasteiger charge is 2.03. The van der Waals surface area contributed by atoms with Gasteiger partial charge in [0.15, 0.2) is 5.82 Å². The van der Waals surface area contributed by atoms with Crippen LogP contribution in [0.25, 0.3) is 10.7 Å². The summed E-state index contributed by atoms with van der Waals surface area (Å²) < 4.78 is 4.60. The molecule has 2 aromatic rings. The molecule has 0 aliphatic carbocycles. The van der Waals surface area contributed by atoms with Crippen molar-refractivity contribution < 1.29 is 0 Å². The summed E-state index contributed by atoms with van der Waals surface area (Å²) >= 11 is 6.23. The zero-order valence-corrected chi connectivity index (χ0v) is 7.92. The van der Waals surface area contributed by atoms with Crippen LogP contribution in [-0.2, 0) is 0 Å². The van der Waals surface area contributed by atoms with Gasteiger partial charge in [0.05, 0.1) is 10.6 Å². The molecule has 0 saturated carbocycles. The lowest BCUT2D eigenvalue weighted by Gasteiger charge is -1.82. The molecule has 4 nitrogen and oxygen atoms in total. The first kappa shape index (κ1) is 7.63. The van der Waals surface area contributed by atoms with Gasteiger partial charge in [0.1, 0.15) is 0 Å². The third kappa shape index (κ3) is 1.30. The number of nitrogens with one attached hydrogen (secondary N) is 2. The van der Waals surface area contributed by atoms with Crippen LogP contribution in [0.3, 0.4) is 0 Å². The minimum absolute atomic E-state index is 0.469. The maximum absolute atomic E-state index is 4.83. The minimum Gasteiger partial charge on any atom is -0.281 e. The molecule has 12 heavy (non-hydrogen) atoms. The lowest BCUT2D eigenvalue weighted by Crippen LogP contribution is -1.73. The predicted molar refractivity (Wildman–Crippen MR) is 49.6 cm³/mol. The summed E-state index contributed by atoms with van der Waals surface area (Å²) in [6.45, 7) is 1.95. The second-order valence-electron chi connectivity index (χ2n) is 2.35. The lowest BCUT2D eigenvalue weighted by molar-refractivity contribution is 1.08. The fraction of sp³-hybridized carbons (Fsp3) is 0.167. The van der Waals surface area contributed by atoms with Gasteiger partial charge in [-0.15, -0.1) is 0 Å². The van der Waals surface area contributed by atoms with Gasteiger partial charge < -0.3 is 0 Å². The topological polar surface area (TPSA) is 57.4 Å². The van der Waals surface area contributed by atoms with Gasteiger partial charge >= 0.3 is 0 Å². The van der Waals surface area contributed by atoms with Crippen LogP contribution in [-0.4, -0.2) is 19.6 Å². The first-order valence-electron chi connectivity index (χ1n) is 3.34. The Labute approximate surface area is 77.8 Å². The Morgan fingerprint density at radius 1 is 1.50 bits per heavy atom. The fourth-order valence-corrected chi connectivity index (χ4v) is 1.71. The van der Waals surface area contributed by atoms with E-state index < -0.39 is 0 Å². The van der Waals surface area contributed by atoms with Crippen molar-refractivity contribution in [2.75, 3.05) is 0 Å². The minimum atomic E-state index is 0.469. The number of aromatic nitrogens is 4. The summed E-state index contributed by atoms with van der Waals surface area (Å²) in [5.74, 6) is 0.755. The van der Waals surface area contributed by atoms with Crippen molar-refractivity contribution in [3.8, 4) is 10.7 Å². The Morgan fingerprint density at radius 2 is 2.33 bits per heavy atom. The second kappa shape index (κ2) is 2.80. The molecule has 0 bridgehead atoms. The number of hydrogen-bond donors (Lipinski definition) is 2. The molecule has 0 unspecified atom stereocenters. The first-order chi connectivity index (χ1) is 5.75. The molecular formula is C6H6N4S2. The molecule has 6 heteroatoms. The van der Waals surface area contributed by atoms with E-state index in [2.05, 4.69) is 19.6 Å². The van der Waals surface area contributed by atoms with E-state index in [0.29, 0.717) is 4.77 Å². The molecule has 2 heterocycles. The van der Waals surface area contributed by atoms with Crippen LogP contribution in [0.1, 0.15) is 5.69 Å². The van der Waals surface area contributed by atoms with Crippen molar-refractivity contribution in [1.82, 2.24) is 19.6 Å². The highest BCUT2D eigenvalue weighted by molar-refractivity contribution is 7.71. The van der Waals surface area contributed by atoms with Gasteiger partial charge in [-0.25, -0.2) is 0 Å². The van der Waals surface area contributed by atoms with Crippen molar-refractivity contribution >= 4 is 23.8 Å². The SMILES string of the molecule is Cc1cc(-c2nc(=S)[nH][nH]2)sn1. The summed E-state index contributed by atoms with van der Waals surface area (Å²) in [6, 6.07) is 1.96. The van der Waals surface area contributed by atoms with E-state index in [1.807, 2.05) is 13.0 Å². The number of rotatable bonds is 1. The molecule has 0 spiro atoms. The van der Waals surface area contributed by atoms with Gasteiger partial charge in [-0.1, -0.05) is 0 Å². The Balaban J connectivity index is 2.50. The highest BCUT2D eigenvalue weighted by Crippen LogP contribution is 2.19. The van der Waals surface area contributed by atoms with Gasteiger partial charge in [-0.2, -0.15) is 9.36 Å². The van der Waals surface area contributed by atoms with E-state index in [9.17, 15) is 0 Å². The zero-order valence-electron chi connectivity index (χ0n) is 6.29. The van der Waals surface area contributed by atoms with Crippen molar-refractivity contribution in [2.24, 2.45) is 0 Å². The van der Waals surface area contributed by atoms with Crippen LogP contribution >= 0.6 is 23.8 Å². The monoisotopic (exact) mass is 198 g/mol. The quantitative estimate of drug-likeness (QED) is 0.688. The largest absolute Gasteiger partial charge is 0.281 e. The third-order valence-corrected chi connectivity index (χ3v) is 2.44. The first-order valence-corrected chi connectivity index (χ1v) is 4.52. The maximum Gasteiger partial charge on any atom is 0.213 e. The van der Waals surface area contributed by atoms with Crippen molar-refractivity contribution in [3.63, 3.8) is 0 Å². The Hall–Kier alpha value is -1.01. The lowest BCUT2D eigenvalue weighted by atomic mass is 10.4. The van der Waals surface area contributed by atoms with E-state index in [0.717, 1.165) is 16.4 Å². The summed E-state index contributed by atoms with van der Waals surface area (Å²) in [5.41, 5.74) is 0.998. The van der Waals surface area contributed by atoms with Crippen LogP contribution in [0.4, 0.5) is 0 Å². The van der Waals surface area contributed by atoms with Gasteiger partial charge in [-0.05, 0) is 36.7 Å². The van der Waals surface area contributed by atoms with Gasteiger partial charge in [-0.3, -0.25) is 10.2 Å². The third-order valence-electron chi connectivity index (χ3n) is 1.36. The van der Waals surface area contributed by atoms with Gasteiger partial charge in [0.2, 0.25) is 4.77 Å². The average Bonchev–Trinajstić information content (AvgIpc) is 2.58. The fourth-order valence-electron chi connectivity index (χ4n) is 0.862. The van der Waals surface area contributed by atoms with Gasteiger partial charge in [0, 0.05) is 0 Å². The van der Waals surface area contributed by atoms with Crippen LogP contribution in [0.5, 0.6) is 0 Å². The smallest absolute Gasteiger partial charge is 0.213 e. The molecule has 0 fully saturated rings. The Morgan fingerprint density at radius 3 is 2.83 bits per heavy atom. The molecule has 0 radical (unpaired) electrons. The summed E-state index contributed by atoms with van der Waals surface area (Å²) in [6.07, 6.45) is 0. The molecule has 0 atom stereocenters. The predicted octanol–water partition coefficient (Wildman–Crippen LogP) is 1.90. The molecule has 62 valence electrons. The zero-order chi connectivity index (χ0) is 8.55.